The van der Waals surface area contributed by atoms with Crippen molar-refractivity contribution in [1.29, 1.82) is 0 Å². The Balaban J connectivity index is 3.12. The Morgan fingerprint density at radius 2 is 2.25 bits per heavy atom. The van der Waals surface area contributed by atoms with Gasteiger partial charge in [-0.15, -0.1) is 0 Å². The van der Waals surface area contributed by atoms with Gasteiger partial charge in [-0.25, -0.2) is 0 Å². The van der Waals surface area contributed by atoms with Crippen LogP contribution in [0.25, 0.3) is 0 Å². The van der Waals surface area contributed by atoms with Gasteiger partial charge in [-0.2, -0.15) is 0 Å². The van der Waals surface area contributed by atoms with Crippen LogP contribution in [0.15, 0.2) is 18.2 Å². The minimum absolute atomic E-state index is 0.0788. The number of aryl methyl sites for hydroxylation is 1. The molecule has 12 heavy (non-hydrogen) atoms. The molecule has 0 aliphatic heterocycles. The molecule has 0 bridgehead atoms. The number of rotatable bonds is 2. The van der Waals surface area contributed by atoms with Gasteiger partial charge in [0.05, 0.1) is 12.6 Å². The van der Waals surface area contributed by atoms with Crippen molar-refractivity contribution < 1.29 is 5.11 Å². The zero-order valence-corrected chi connectivity index (χ0v) is 7.67. The second kappa shape index (κ2) is 3.90. The van der Waals surface area contributed by atoms with Crippen LogP contribution in [0.5, 0.6) is 0 Å². The molecule has 0 unspecified atom stereocenters. The van der Waals surface area contributed by atoms with Crippen LogP contribution in [0, 0.1) is 6.92 Å². The molecule has 0 amide bonds. The molecule has 0 aromatic heterocycles. The number of benzene rings is 1. The maximum Gasteiger partial charge on any atom is 0.0625 e. The molecule has 1 aromatic carbocycles. The third-order valence-electron chi connectivity index (χ3n) is 1.84. The van der Waals surface area contributed by atoms with Gasteiger partial charge in [0.1, 0.15) is 0 Å². The van der Waals surface area contributed by atoms with Gasteiger partial charge in [-0.05, 0) is 24.1 Å². The quantitative estimate of drug-likeness (QED) is 0.736. The van der Waals surface area contributed by atoms with Crippen molar-refractivity contribution in [2.45, 2.75) is 13.0 Å². The number of nitrogens with two attached hydrogens (primary N) is 1. The molecule has 0 saturated carbocycles. The van der Waals surface area contributed by atoms with Crippen LogP contribution in [0.1, 0.15) is 17.2 Å². The third-order valence-corrected chi connectivity index (χ3v) is 2.17. The summed E-state index contributed by atoms with van der Waals surface area (Å²) in [6.45, 7) is 1.85. The molecule has 1 atom stereocenters. The number of halogens is 1. The lowest BCUT2D eigenvalue weighted by Gasteiger charge is -2.13. The maximum absolute atomic E-state index is 8.85. The van der Waals surface area contributed by atoms with Crippen molar-refractivity contribution in [3.8, 4) is 0 Å². The van der Waals surface area contributed by atoms with E-state index in [0.717, 1.165) is 11.1 Å². The van der Waals surface area contributed by atoms with Gasteiger partial charge < -0.3 is 10.8 Å². The molecule has 2 nitrogen and oxygen atoms in total. The van der Waals surface area contributed by atoms with Crippen LogP contribution < -0.4 is 5.73 Å². The van der Waals surface area contributed by atoms with Gasteiger partial charge in [-0.3, -0.25) is 0 Å². The van der Waals surface area contributed by atoms with E-state index in [9.17, 15) is 0 Å². The van der Waals surface area contributed by atoms with E-state index < -0.39 is 0 Å². The van der Waals surface area contributed by atoms with E-state index >= 15 is 0 Å². The minimum Gasteiger partial charge on any atom is -0.394 e. The Bertz CT molecular complexity index is 255. The SMILES string of the molecule is Cc1cccc(Cl)c1[C@@H](N)CO. The van der Waals surface area contributed by atoms with Crippen LogP contribution in [-0.4, -0.2) is 11.7 Å². The fraction of sp³-hybridized carbons (Fsp3) is 0.333. The summed E-state index contributed by atoms with van der Waals surface area (Å²) in [6.07, 6.45) is 0. The molecule has 0 aliphatic rings. The van der Waals surface area contributed by atoms with Crippen molar-refractivity contribution in [2.24, 2.45) is 5.73 Å². The second-order valence-electron chi connectivity index (χ2n) is 2.76. The average Bonchev–Trinajstić information content (AvgIpc) is 2.03. The normalized spacial score (nSPS) is 13.0. The lowest BCUT2D eigenvalue weighted by atomic mass is 10.0. The lowest BCUT2D eigenvalue weighted by Crippen LogP contribution is -2.16. The van der Waals surface area contributed by atoms with Gasteiger partial charge >= 0.3 is 0 Å². The van der Waals surface area contributed by atoms with E-state index in [4.69, 9.17) is 22.4 Å². The Morgan fingerprint density at radius 1 is 1.58 bits per heavy atom. The zero-order chi connectivity index (χ0) is 9.14. The number of hydrogen-bond donors (Lipinski definition) is 2. The summed E-state index contributed by atoms with van der Waals surface area (Å²) in [4.78, 5) is 0. The van der Waals surface area contributed by atoms with E-state index in [-0.39, 0.29) is 12.6 Å². The summed E-state index contributed by atoms with van der Waals surface area (Å²) in [6, 6.07) is 5.19. The van der Waals surface area contributed by atoms with Crippen molar-refractivity contribution in [1.82, 2.24) is 0 Å². The van der Waals surface area contributed by atoms with E-state index in [2.05, 4.69) is 0 Å². The topological polar surface area (TPSA) is 46.2 Å². The van der Waals surface area contributed by atoms with Crippen molar-refractivity contribution in [3.05, 3.63) is 34.3 Å². The molecular weight excluding hydrogens is 174 g/mol. The van der Waals surface area contributed by atoms with Gasteiger partial charge in [0.2, 0.25) is 0 Å². The molecule has 3 N–H and O–H groups in total. The Kier molecular flexibility index (Phi) is 3.09. The molecule has 0 spiro atoms. The Morgan fingerprint density at radius 3 is 2.75 bits per heavy atom. The monoisotopic (exact) mass is 185 g/mol. The van der Waals surface area contributed by atoms with E-state index in [1.54, 1.807) is 6.07 Å². The minimum atomic E-state index is -0.376. The maximum atomic E-state index is 8.85. The standard InChI is InChI=1S/C9H12ClNO/c1-6-3-2-4-7(10)9(6)8(11)5-12/h2-4,8,12H,5,11H2,1H3/t8-/m0/s1. The predicted octanol–water partition coefficient (Wildman–Crippen LogP) is 1.64. The molecule has 66 valence electrons. The molecule has 0 heterocycles. The Labute approximate surface area is 77.0 Å². The molecule has 1 rings (SSSR count). The van der Waals surface area contributed by atoms with Crippen LogP contribution in [0.2, 0.25) is 5.02 Å². The van der Waals surface area contributed by atoms with Crippen LogP contribution in [0.3, 0.4) is 0 Å². The Hall–Kier alpha value is -0.570. The first-order valence-corrected chi connectivity index (χ1v) is 4.16. The summed E-state index contributed by atoms with van der Waals surface area (Å²) in [5.41, 5.74) is 7.51. The van der Waals surface area contributed by atoms with Gasteiger partial charge in [0.15, 0.2) is 0 Å². The van der Waals surface area contributed by atoms with E-state index in [1.165, 1.54) is 0 Å². The summed E-state index contributed by atoms with van der Waals surface area (Å²) in [5, 5.41) is 9.48. The predicted molar refractivity (Wildman–Crippen MR) is 50.2 cm³/mol. The summed E-state index contributed by atoms with van der Waals surface area (Å²) >= 11 is 5.91. The molecule has 1 aromatic rings. The highest BCUT2D eigenvalue weighted by atomic mass is 35.5. The van der Waals surface area contributed by atoms with E-state index in [1.807, 2.05) is 19.1 Å². The molecule has 0 aliphatic carbocycles. The zero-order valence-electron chi connectivity index (χ0n) is 6.92. The first-order chi connectivity index (χ1) is 5.66. The number of aliphatic hydroxyl groups is 1. The van der Waals surface area contributed by atoms with Crippen LogP contribution in [-0.2, 0) is 0 Å². The summed E-state index contributed by atoms with van der Waals surface area (Å²) in [7, 11) is 0. The highest BCUT2D eigenvalue weighted by Gasteiger charge is 2.10. The fourth-order valence-corrected chi connectivity index (χ4v) is 1.57. The summed E-state index contributed by atoms with van der Waals surface area (Å²) in [5.74, 6) is 0. The first kappa shape index (κ1) is 9.52. The van der Waals surface area contributed by atoms with E-state index in [0.29, 0.717) is 5.02 Å². The smallest absolute Gasteiger partial charge is 0.0625 e. The molecule has 0 saturated heterocycles. The van der Waals surface area contributed by atoms with Gasteiger partial charge in [0.25, 0.3) is 0 Å². The second-order valence-corrected chi connectivity index (χ2v) is 3.17. The van der Waals surface area contributed by atoms with Gasteiger partial charge in [0, 0.05) is 5.02 Å². The number of aliphatic hydroxyl groups excluding tert-OH is 1. The fourth-order valence-electron chi connectivity index (χ4n) is 1.21. The average molecular weight is 186 g/mol. The first-order valence-electron chi connectivity index (χ1n) is 3.78. The van der Waals surface area contributed by atoms with Crippen molar-refractivity contribution in [3.63, 3.8) is 0 Å². The lowest BCUT2D eigenvalue weighted by molar-refractivity contribution is 0.267. The number of hydrogen-bond acceptors (Lipinski definition) is 2. The highest BCUT2D eigenvalue weighted by molar-refractivity contribution is 6.31. The summed E-state index contributed by atoms with van der Waals surface area (Å²) < 4.78 is 0. The third kappa shape index (κ3) is 1.78. The van der Waals surface area contributed by atoms with Crippen LogP contribution in [0.4, 0.5) is 0 Å². The largest absolute Gasteiger partial charge is 0.394 e. The highest BCUT2D eigenvalue weighted by Crippen LogP contribution is 2.24. The van der Waals surface area contributed by atoms with Crippen molar-refractivity contribution in [2.75, 3.05) is 6.61 Å². The van der Waals surface area contributed by atoms with Gasteiger partial charge in [-0.1, -0.05) is 23.7 Å². The molecule has 3 heteroatoms. The molecule has 0 radical (unpaired) electrons. The van der Waals surface area contributed by atoms with Crippen molar-refractivity contribution >= 4 is 11.6 Å². The molecule has 0 fully saturated rings. The molecular formula is C9H12ClNO. The van der Waals surface area contributed by atoms with Crippen LogP contribution >= 0.6 is 11.6 Å².